The van der Waals surface area contributed by atoms with Gasteiger partial charge in [0.05, 0.1) is 5.56 Å². The summed E-state index contributed by atoms with van der Waals surface area (Å²) in [5.74, 6) is -0.0567. The first-order chi connectivity index (χ1) is 7.36. The normalized spacial score (nSPS) is 12.8. The maximum Gasteiger partial charge on any atom is 0.416 e. The Morgan fingerprint density at radius 2 is 1.62 bits per heavy atom. The Morgan fingerprint density at radius 1 is 1.12 bits per heavy atom. The SMILES string of the molecule is FC(F)(F)c1ccc(/C(=N/Cl)N(Cl)Cl)cc1. The predicted octanol–water partition coefficient (Wildman–Crippen LogP) is 4.22. The molecule has 0 heterocycles. The van der Waals surface area contributed by atoms with Gasteiger partial charge in [0.2, 0.25) is 0 Å². The van der Waals surface area contributed by atoms with E-state index in [2.05, 4.69) is 4.51 Å². The summed E-state index contributed by atoms with van der Waals surface area (Å²) >= 11 is 15.9. The Morgan fingerprint density at radius 3 is 1.94 bits per heavy atom. The van der Waals surface area contributed by atoms with Crippen molar-refractivity contribution in [2.24, 2.45) is 4.51 Å². The van der Waals surface area contributed by atoms with E-state index < -0.39 is 11.7 Å². The van der Waals surface area contributed by atoms with E-state index in [9.17, 15) is 13.2 Å². The maximum atomic E-state index is 12.2. The Labute approximate surface area is 105 Å². The predicted molar refractivity (Wildman–Crippen MR) is 57.4 cm³/mol. The van der Waals surface area contributed by atoms with Crippen LogP contribution in [0.5, 0.6) is 0 Å². The molecule has 0 saturated carbocycles. The molecule has 0 radical (unpaired) electrons. The smallest absolute Gasteiger partial charge is 0.173 e. The minimum absolute atomic E-state index is 0.0567. The van der Waals surface area contributed by atoms with Gasteiger partial charge in [-0.05, 0) is 12.1 Å². The third kappa shape index (κ3) is 3.17. The molecule has 0 atom stereocenters. The zero-order chi connectivity index (χ0) is 12.3. The second-order valence-corrected chi connectivity index (χ2v) is 3.73. The maximum absolute atomic E-state index is 12.2. The van der Waals surface area contributed by atoms with Crippen LogP contribution in [0.2, 0.25) is 0 Å². The van der Waals surface area contributed by atoms with Crippen molar-refractivity contribution < 1.29 is 13.2 Å². The molecule has 0 aromatic heterocycles. The lowest BCUT2D eigenvalue weighted by Gasteiger charge is -2.10. The van der Waals surface area contributed by atoms with Crippen LogP contribution >= 0.6 is 35.3 Å². The molecule has 0 saturated heterocycles. The molecule has 88 valence electrons. The number of amidine groups is 1. The highest BCUT2D eigenvalue weighted by atomic mass is 35.5. The van der Waals surface area contributed by atoms with Crippen LogP contribution in [-0.4, -0.2) is 9.77 Å². The van der Waals surface area contributed by atoms with Gasteiger partial charge in [-0.15, -0.1) is 0 Å². The molecule has 8 heteroatoms. The van der Waals surface area contributed by atoms with Crippen molar-refractivity contribution in [1.82, 2.24) is 3.94 Å². The fraction of sp³-hybridized carbons (Fsp3) is 0.125. The molecule has 0 aliphatic rings. The van der Waals surface area contributed by atoms with Crippen molar-refractivity contribution in [2.75, 3.05) is 0 Å². The monoisotopic (exact) mass is 290 g/mol. The lowest BCUT2D eigenvalue weighted by atomic mass is 10.1. The summed E-state index contributed by atoms with van der Waals surface area (Å²) in [6.45, 7) is 0. The van der Waals surface area contributed by atoms with Gasteiger partial charge in [-0.2, -0.15) is 21.6 Å². The van der Waals surface area contributed by atoms with Crippen molar-refractivity contribution in [3.05, 3.63) is 35.4 Å². The number of rotatable bonds is 1. The molecule has 0 bridgehead atoms. The second-order valence-electron chi connectivity index (χ2n) is 2.72. The van der Waals surface area contributed by atoms with E-state index in [-0.39, 0.29) is 11.4 Å². The van der Waals surface area contributed by atoms with Gasteiger partial charge in [-0.1, -0.05) is 12.1 Å². The Hall–Kier alpha value is -0.650. The second kappa shape index (κ2) is 5.12. The molecule has 0 aliphatic carbocycles. The lowest BCUT2D eigenvalue weighted by molar-refractivity contribution is -0.137. The zero-order valence-corrected chi connectivity index (χ0v) is 9.74. The molecule has 16 heavy (non-hydrogen) atoms. The summed E-state index contributed by atoms with van der Waals surface area (Å²) in [7, 11) is 0. The van der Waals surface area contributed by atoms with Gasteiger partial charge in [-0.3, -0.25) is 0 Å². The number of halogens is 6. The molecule has 0 aliphatic heterocycles. The van der Waals surface area contributed by atoms with Crippen LogP contribution in [0, 0.1) is 0 Å². The number of hydrogen-bond acceptors (Lipinski definition) is 1. The molecule has 1 rings (SSSR count). The van der Waals surface area contributed by atoms with Crippen LogP contribution < -0.4 is 0 Å². The Balaban J connectivity index is 3.04. The number of nitrogens with zero attached hydrogens (tertiary/aromatic N) is 2. The summed E-state index contributed by atoms with van der Waals surface area (Å²) in [5, 5.41) is 0. The van der Waals surface area contributed by atoms with Crippen molar-refractivity contribution >= 4 is 41.2 Å². The minimum atomic E-state index is -4.39. The van der Waals surface area contributed by atoms with Crippen molar-refractivity contribution in [3.8, 4) is 0 Å². The van der Waals surface area contributed by atoms with Gasteiger partial charge in [0.25, 0.3) is 0 Å². The fourth-order valence-corrected chi connectivity index (χ4v) is 1.50. The molecular formula is C8H4Cl3F3N2. The topological polar surface area (TPSA) is 15.6 Å². The highest BCUT2D eigenvalue weighted by Gasteiger charge is 2.30. The first-order valence-electron chi connectivity index (χ1n) is 3.84. The molecular weight excluding hydrogens is 287 g/mol. The van der Waals surface area contributed by atoms with Crippen LogP contribution in [0.25, 0.3) is 0 Å². The van der Waals surface area contributed by atoms with E-state index in [0.29, 0.717) is 3.94 Å². The van der Waals surface area contributed by atoms with Gasteiger partial charge in [-0.25, -0.2) is 0 Å². The Bertz CT molecular complexity index is 387. The van der Waals surface area contributed by atoms with Gasteiger partial charge in [0.15, 0.2) is 5.84 Å². The number of benzene rings is 1. The average molecular weight is 291 g/mol. The van der Waals surface area contributed by atoms with Gasteiger partial charge in [0.1, 0.15) is 0 Å². The van der Waals surface area contributed by atoms with E-state index in [1.807, 2.05) is 0 Å². The highest BCUT2D eigenvalue weighted by Crippen LogP contribution is 2.29. The van der Waals surface area contributed by atoms with Crippen LogP contribution in [0.1, 0.15) is 11.1 Å². The first-order valence-corrected chi connectivity index (χ1v) is 4.86. The average Bonchev–Trinajstić information content (AvgIpc) is 2.17. The fourth-order valence-electron chi connectivity index (χ4n) is 0.983. The van der Waals surface area contributed by atoms with E-state index in [1.54, 1.807) is 0 Å². The quantitative estimate of drug-likeness (QED) is 0.430. The molecule has 0 amide bonds. The van der Waals surface area contributed by atoms with Gasteiger partial charge >= 0.3 is 6.18 Å². The molecule has 0 unspecified atom stereocenters. The Kier molecular flexibility index (Phi) is 4.29. The van der Waals surface area contributed by atoms with Crippen LogP contribution in [0.3, 0.4) is 0 Å². The third-order valence-corrected chi connectivity index (χ3v) is 2.19. The minimum Gasteiger partial charge on any atom is -0.173 e. The van der Waals surface area contributed by atoms with Gasteiger partial charge in [0, 0.05) is 40.9 Å². The van der Waals surface area contributed by atoms with E-state index >= 15 is 0 Å². The van der Waals surface area contributed by atoms with E-state index in [1.165, 1.54) is 12.1 Å². The summed E-state index contributed by atoms with van der Waals surface area (Å²) in [4.78, 5) is 0. The molecule has 0 spiro atoms. The summed E-state index contributed by atoms with van der Waals surface area (Å²) in [6, 6.07) is 4.10. The number of hydrogen-bond donors (Lipinski definition) is 0. The van der Waals surface area contributed by atoms with Crippen LogP contribution in [0.4, 0.5) is 13.2 Å². The standard InChI is InChI=1S/C8H4Cl3F3N2/c9-15-7(16(10)11)5-1-3-6(4-2-5)8(12,13)14/h1-4H/b15-7-. The van der Waals surface area contributed by atoms with E-state index in [0.717, 1.165) is 12.1 Å². The number of alkyl halides is 3. The molecule has 0 N–H and O–H groups in total. The summed E-state index contributed by atoms with van der Waals surface area (Å²) < 4.78 is 40.5. The third-order valence-electron chi connectivity index (χ3n) is 1.71. The zero-order valence-electron chi connectivity index (χ0n) is 7.47. The molecule has 2 nitrogen and oxygen atoms in total. The van der Waals surface area contributed by atoms with E-state index in [4.69, 9.17) is 35.3 Å². The molecule has 1 aromatic rings. The van der Waals surface area contributed by atoms with Crippen molar-refractivity contribution in [2.45, 2.75) is 6.18 Å². The molecule has 1 aromatic carbocycles. The van der Waals surface area contributed by atoms with Crippen LogP contribution in [0.15, 0.2) is 28.8 Å². The van der Waals surface area contributed by atoms with Crippen molar-refractivity contribution in [1.29, 1.82) is 0 Å². The largest absolute Gasteiger partial charge is 0.416 e. The highest BCUT2D eigenvalue weighted by molar-refractivity contribution is 6.45. The van der Waals surface area contributed by atoms with Crippen molar-refractivity contribution in [3.63, 3.8) is 0 Å². The van der Waals surface area contributed by atoms with Gasteiger partial charge < -0.3 is 0 Å². The lowest BCUT2D eigenvalue weighted by Crippen LogP contribution is -2.13. The molecule has 0 fully saturated rings. The first kappa shape index (κ1) is 13.4. The van der Waals surface area contributed by atoms with Crippen LogP contribution in [-0.2, 0) is 6.18 Å². The summed E-state index contributed by atoms with van der Waals surface area (Å²) in [5.41, 5.74) is -0.506. The summed E-state index contributed by atoms with van der Waals surface area (Å²) in [6.07, 6.45) is -4.39.